The monoisotopic (exact) mass is 499 g/mol. The number of aliphatic hydroxyl groups is 2. The summed E-state index contributed by atoms with van der Waals surface area (Å²) in [5, 5.41) is 19.2. The molecule has 0 radical (unpaired) electrons. The van der Waals surface area contributed by atoms with Crippen molar-refractivity contribution in [2.45, 2.75) is 63.6 Å². The predicted octanol–water partition coefficient (Wildman–Crippen LogP) is 2.60. The van der Waals surface area contributed by atoms with Gasteiger partial charge < -0.3 is 29.3 Å². The Morgan fingerprint density at radius 1 is 1.25 bits per heavy atom. The molecule has 0 amide bonds. The number of nitrogens with zero attached hydrogens (tertiary/aromatic N) is 1. The Morgan fingerprint density at radius 3 is 2.64 bits per heavy atom. The molecule has 36 heavy (non-hydrogen) atoms. The molecule has 4 rings (SSSR count). The van der Waals surface area contributed by atoms with E-state index in [1.165, 1.54) is 6.08 Å². The zero-order valence-electron chi connectivity index (χ0n) is 21.3. The molecule has 0 unspecified atom stereocenters. The van der Waals surface area contributed by atoms with E-state index in [4.69, 9.17) is 14.2 Å². The van der Waals surface area contributed by atoms with Crippen molar-refractivity contribution >= 4 is 18.0 Å². The van der Waals surface area contributed by atoms with Crippen molar-refractivity contribution in [3.63, 3.8) is 0 Å². The topological polar surface area (TPSA) is 109 Å². The Balaban J connectivity index is 1.42. The van der Waals surface area contributed by atoms with E-state index in [0.29, 0.717) is 29.7 Å². The number of aliphatic hydroxyl groups excluding tert-OH is 2. The number of carbonyl (C=O) groups is 2. The number of benzene rings is 1. The summed E-state index contributed by atoms with van der Waals surface area (Å²) in [5.41, 5.74) is 2.61. The van der Waals surface area contributed by atoms with Gasteiger partial charge in [-0.3, -0.25) is 4.79 Å². The second-order valence-electron chi connectivity index (χ2n) is 10.5. The van der Waals surface area contributed by atoms with Crippen molar-refractivity contribution in [2.24, 2.45) is 11.8 Å². The van der Waals surface area contributed by atoms with Gasteiger partial charge in [0, 0.05) is 18.5 Å². The van der Waals surface area contributed by atoms with Crippen LogP contribution in [0.2, 0.25) is 0 Å². The highest BCUT2D eigenvalue weighted by Crippen LogP contribution is 2.50. The van der Waals surface area contributed by atoms with Crippen LogP contribution in [0.1, 0.15) is 49.3 Å². The van der Waals surface area contributed by atoms with Crippen LogP contribution in [0.5, 0.6) is 0 Å². The summed E-state index contributed by atoms with van der Waals surface area (Å²) in [4.78, 5) is 27.2. The van der Waals surface area contributed by atoms with Gasteiger partial charge in [-0.25, -0.2) is 4.79 Å². The minimum atomic E-state index is -0.495. The quantitative estimate of drug-likeness (QED) is 0.243. The van der Waals surface area contributed by atoms with Gasteiger partial charge in [-0.1, -0.05) is 24.3 Å². The number of hydrogen-bond donors (Lipinski definition) is 2. The van der Waals surface area contributed by atoms with Gasteiger partial charge in [0.05, 0.1) is 24.7 Å². The molecular formula is C28H37NO7. The number of carbonyl (C=O) groups excluding carboxylic acids is 2. The second-order valence-corrected chi connectivity index (χ2v) is 10.5. The standard InChI is InChI=1S/C28H37NO7/c1-28-13-5-6-18(9-10-22-23(14-29(2)3)27(33)35-25(22)26(28)36-28)17-34-24(32)12-11-21-19(15-30)7-4-8-20(21)16-31/h4,6-8,11-12,22-23,25-26,30-31H,5,9-10,13-17H2,1-3H3/b12-11+,18-6+/t22-,23-,25-,26-,28+/m0/s1. The summed E-state index contributed by atoms with van der Waals surface area (Å²) in [6, 6.07) is 5.25. The summed E-state index contributed by atoms with van der Waals surface area (Å²) in [6.07, 6.45) is 7.83. The Labute approximate surface area is 212 Å². The minimum absolute atomic E-state index is 0.0516. The second kappa shape index (κ2) is 11.3. The average molecular weight is 500 g/mol. The number of rotatable bonds is 8. The lowest BCUT2D eigenvalue weighted by molar-refractivity contribution is -0.145. The van der Waals surface area contributed by atoms with Crippen molar-refractivity contribution < 1.29 is 34.0 Å². The van der Waals surface area contributed by atoms with Crippen LogP contribution >= 0.6 is 0 Å². The highest BCUT2D eigenvalue weighted by atomic mass is 16.6. The average Bonchev–Trinajstić information content (AvgIpc) is 3.43. The normalized spacial score (nSPS) is 31.4. The third-order valence-electron chi connectivity index (χ3n) is 7.58. The molecule has 2 aliphatic heterocycles. The number of allylic oxidation sites excluding steroid dienone is 1. The molecule has 0 saturated carbocycles. The highest BCUT2D eigenvalue weighted by molar-refractivity contribution is 5.87. The fourth-order valence-corrected chi connectivity index (χ4v) is 5.51. The lowest BCUT2D eigenvalue weighted by Crippen LogP contribution is -2.34. The number of ether oxygens (including phenoxy) is 3. The number of esters is 2. The number of epoxide rings is 1. The van der Waals surface area contributed by atoms with E-state index in [0.717, 1.165) is 24.8 Å². The van der Waals surface area contributed by atoms with Crippen molar-refractivity contribution in [3.8, 4) is 0 Å². The van der Waals surface area contributed by atoms with Gasteiger partial charge in [0.1, 0.15) is 18.8 Å². The maximum absolute atomic E-state index is 12.7. The maximum atomic E-state index is 12.7. The third-order valence-corrected chi connectivity index (χ3v) is 7.58. The molecule has 1 aromatic rings. The van der Waals surface area contributed by atoms with Gasteiger partial charge >= 0.3 is 11.9 Å². The molecule has 8 nitrogen and oxygen atoms in total. The van der Waals surface area contributed by atoms with E-state index in [1.807, 2.05) is 19.0 Å². The summed E-state index contributed by atoms with van der Waals surface area (Å²) in [5.74, 6) is -0.791. The lowest BCUT2D eigenvalue weighted by Gasteiger charge is -2.24. The van der Waals surface area contributed by atoms with E-state index < -0.39 is 5.97 Å². The van der Waals surface area contributed by atoms with Crippen LogP contribution in [-0.4, -0.2) is 72.1 Å². The number of hydrogen-bond acceptors (Lipinski definition) is 8. The van der Waals surface area contributed by atoms with E-state index in [-0.39, 0.29) is 55.4 Å². The Bertz CT molecular complexity index is 1010. The van der Waals surface area contributed by atoms with Crippen molar-refractivity contribution in [1.29, 1.82) is 0 Å². The van der Waals surface area contributed by atoms with Gasteiger partial charge in [0.25, 0.3) is 0 Å². The molecule has 0 spiro atoms. The van der Waals surface area contributed by atoms with Crippen LogP contribution in [0.3, 0.4) is 0 Å². The molecule has 5 atom stereocenters. The van der Waals surface area contributed by atoms with Crippen molar-refractivity contribution in [1.82, 2.24) is 4.90 Å². The van der Waals surface area contributed by atoms with Crippen LogP contribution in [0.4, 0.5) is 0 Å². The molecule has 2 fully saturated rings. The fourth-order valence-electron chi connectivity index (χ4n) is 5.51. The molecule has 1 aromatic carbocycles. The first-order valence-electron chi connectivity index (χ1n) is 12.6. The molecule has 0 aromatic heterocycles. The van der Waals surface area contributed by atoms with E-state index >= 15 is 0 Å². The molecule has 8 heteroatoms. The molecular weight excluding hydrogens is 462 g/mol. The Kier molecular flexibility index (Phi) is 8.30. The zero-order chi connectivity index (χ0) is 25.9. The SMILES string of the molecule is CN(C)C[C@@H]1C(=O)O[C@H]2[C@H]1CC/C(COC(=O)/C=C/c1c(CO)cccc1CO)=C\CC[C@@]1(C)O[C@@H]21. The fraction of sp³-hybridized carbons (Fsp3) is 0.571. The third kappa shape index (κ3) is 5.89. The van der Waals surface area contributed by atoms with E-state index in [2.05, 4.69) is 13.0 Å². The molecule has 2 N–H and O–H groups in total. The van der Waals surface area contributed by atoms with Gasteiger partial charge in [-0.15, -0.1) is 0 Å². The molecule has 2 saturated heterocycles. The van der Waals surface area contributed by atoms with Crippen LogP contribution in [0.15, 0.2) is 35.9 Å². The molecule has 1 aliphatic carbocycles. The maximum Gasteiger partial charge on any atom is 0.331 e. The van der Waals surface area contributed by atoms with Gasteiger partial charge in [-0.05, 0) is 75.0 Å². The summed E-state index contributed by atoms with van der Waals surface area (Å²) in [7, 11) is 3.92. The largest absolute Gasteiger partial charge is 0.459 e. The van der Waals surface area contributed by atoms with Crippen molar-refractivity contribution in [3.05, 3.63) is 52.6 Å². The summed E-state index contributed by atoms with van der Waals surface area (Å²) in [6.45, 7) is 2.49. The zero-order valence-corrected chi connectivity index (χ0v) is 21.3. The molecule has 2 heterocycles. The summed E-state index contributed by atoms with van der Waals surface area (Å²) < 4.78 is 17.4. The van der Waals surface area contributed by atoms with Crippen LogP contribution < -0.4 is 0 Å². The first-order chi connectivity index (χ1) is 17.3. The Morgan fingerprint density at radius 2 is 1.97 bits per heavy atom. The summed E-state index contributed by atoms with van der Waals surface area (Å²) >= 11 is 0. The lowest BCUT2D eigenvalue weighted by atomic mass is 9.80. The Hall–Kier alpha value is -2.52. The first kappa shape index (κ1) is 26.5. The molecule has 196 valence electrons. The van der Waals surface area contributed by atoms with Gasteiger partial charge in [0.2, 0.25) is 0 Å². The van der Waals surface area contributed by atoms with E-state index in [9.17, 15) is 19.8 Å². The van der Waals surface area contributed by atoms with E-state index in [1.54, 1.807) is 24.3 Å². The predicted molar refractivity (Wildman–Crippen MR) is 134 cm³/mol. The molecule has 0 bridgehead atoms. The number of fused-ring (bicyclic) bond motifs is 3. The van der Waals surface area contributed by atoms with Crippen LogP contribution in [0.25, 0.3) is 6.08 Å². The van der Waals surface area contributed by atoms with Crippen LogP contribution in [-0.2, 0) is 37.0 Å². The van der Waals surface area contributed by atoms with Crippen molar-refractivity contribution in [2.75, 3.05) is 27.2 Å². The van der Waals surface area contributed by atoms with Gasteiger partial charge in [0.15, 0.2) is 0 Å². The first-order valence-corrected chi connectivity index (χ1v) is 12.6. The highest BCUT2D eigenvalue weighted by Gasteiger charge is 2.62. The minimum Gasteiger partial charge on any atom is -0.459 e. The smallest absolute Gasteiger partial charge is 0.331 e. The van der Waals surface area contributed by atoms with Crippen LogP contribution in [0, 0.1) is 11.8 Å². The van der Waals surface area contributed by atoms with Gasteiger partial charge in [-0.2, -0.15) is 0 Å². The molecule has 3 aliphatic rings.